The number of aromatic nitrogens is 3. The van der Waals surface area contributed by atoms with Crippen LogP contribution < -0.4 is 5.32 Å². The fourth-order valence-electron chi connectivity index (χ4n) is 2.19. The molecule has 98 valence electrons. The van der Waals surface area contributed by atoms with Crippen molar-refractivity contribution in [1.82, 2.24) is 19.9 Å². The summed E-state index contributed by atoms with van der Waals surface area (Å²) in [5, 5.41) is 7.96. The first-order valence-corrected chi connectivity index (χ1v) is 6.77. The van der Waals surface area contributed by atoms with E-state index in [1.807, 2.05) is 23.7 Å². The summed E-state index contributed by atoms with van der Waals surface area (Å²) in [4.78, 5) is 4.41. The molecule has 0 amide bonds. The Balaban J connectivity index is 2.02. The van der Waals surface area contributed by atoms with E-state index in [4.69, 9.17) is 0 Å². The van der Waals surface area contributed by atoms with Gasteiger partial charge in [-0.15, -0.1) is 0 Å². The first-order valence-electron chi connectivity index (χ1n) is 6.77. The van der Waals surface area contributed by atoms with Crippen molar-refractivity contribution < 1.29 is 0 Å². The van der Waals surface area contributed by atoms with Gasteiger partial charge in [0.1, 0.15) is 0 Å². The monoisotopic (exact) mass is 246 g/mol. The Morgan fingerprint density at radius 1 is 1.39 bits per heavy atom. The largest absolute Gasteiger partial charge is 0.310 e. The van der Waals surface area contributed by atoms with Crippen molar-refractivity contribution in [2.75, 3.05) is 0 Å². The van der Waals surface area contributed by atoms with Crippen LogP contribution in [0, 0.1) is 6.92 Å². The van der Waals surface area contributed by atoms with Gasteiger partial charge in [-0.25, -0.2) is 9.50 Å². The standard InChI is InChI=1S/C14H22N4/c1-4-6-13(5-2)15-8-12-9-16-14-7-11(3)17-18(14)10-12/h7,9-10,13,15H,4-6,8H2,1-3H3. The van der Waals surface area contributed by atoms with E-state index in [0.29, 0.717) is 6.04 Å². The summed E-state index contributed by atoms with van der Waals surface area (Å²) in [5.74, 6) is 0. The first kappa shape index (κ1) is 13.0. The molecule has 2 rings (SSSR count). The van der Waals surface area contributed by atoms with Gasteiger partial charge in [-0.3, -0.25) is 0 Å². The van der Waals surface area contributed by atoms with Crippen LogP contribution in [-0.4, -0.2) is 20.6 Å². The van der Waals surface area contributed by atoms with Crippen LogP contribution in [0.1, 0.15) is 44.4 Å². The fourth-order valence-corrected chi connectivity index (χ4v) is 2.19. The number of aryl methyl sites for hydroxylation is 1. The Kier molecular flexibility index (Phi) is 4.31. The van der Waals surface area contributed by atoms with Crippen LogP contribution in [0.25, 0.3) is 5.65 Å². The Hall–Kier alpha value is -1.42. The number of hydrogen-bond donors (Lipinski definition) is 1. The molecule has 1 atom stereocenters. The molecule has 0 radical (unpaired) electrons. The minimum Gasteiger partial charge on any atom is -0.310 e. The Bertz CT molecular complexity index is 503. The van der Waals surface area contributed by atoms with Gasteiger partial charge in [-0.1, -0.05) is 20.3 Å². The quantitative estimate of drug-likeness (QED) is 0.852. The number of rotatable bonds is 6. The Morgan fingerprint density at radius 2 is 2.22 bits per heavy atom. The minimum atomic E-state index is 0.602. The number of nitrogens with zero attached hydrogens (tertiary/aromatic N) is 3. The van der Waals surface area contributed by atoms with Crippen LogP contribution in [0.3, 0.4) is 0 Å². The molecule has 2 aromatic rings. The molecule has 0 spiro atoms. The van der Waals surface area contributed by atoms with Crippen LogP contribution in [0.5, 0.6) is 0 Å². The van der Waals surface area contributed by atoms with Crippen LogP contribution in [0.4, 0.5) is 0 Å². The highest BCUT2D eigenvalue weighted by Gasteiger charge is 2.05. The van der Waals surface area contributed by atoms with Gasteiger partial charge >= 0.3 is 0 Å². The minimum absolute atomic E-state index is 0.602. The summed E-state index contributed by atoms with van der Waals surface area (Å²) in [6.45, 7) is 7.30. The van der Waals surface area contributed by atoms with E-state index >= 15 is 0 Å². The van der Waals surface area contributed by atoms with Crippen molar-refractivity contribution in [3.8, 4) is 0 Å². The lowest BCUT2D eigenvalue weighted by Crippen LogP contribution is -2.27. The molecule has 0 aliphatic carbocycles. The number of fused-ring (bicyclic) bond motifs is 1. The van der Waals surface area contributed by atoms with E-state index in [2.05, 4.69) is 35.4 Å². The summed E-state index contributed by atoms with van der Waals surface area (Å²) in [6, 6.07) is 2.59. The van der Waals surface area contributed by atoms with Gasteiger partial charge in [-0.2, -0.15) is 5.10 Å². The van der Waals surface area contributed by atoms with E-state index in [-0.39, 0.29) is 0 Å². The molecule has 0 saturated carbocycles. The highest BCUT2D eigenvalue weighted by Crippen LogP contribution is 2.06. The molecule has 18 heavy (non-hydrogen) atoms. The van der Waals surface area contributed by atoms with Gasteiger partial charge in [0.25, 0.3) is 0 Å². The van der Waals surface area contributed by atoms with Crippen LogP contribution >= 0.6 is 0 Å². The van der Waals surface area contributed by atoms with Crippen molar-refractivity contribution in [3.05, 3.63) is 29.7 Å². The SMILES string of the molecule is CCCC(CC)NCc1cnc2cc(C)nn2c1. The molecule has 0 fully saturated rings. The highest BCUT2D eigenvalue weighted by atomic mass is 15.2. The molecule has 0 bridgehead atoms. The summed E-state index contributed by atoms with van der Waals surface area (Å²) in [6.07, 6.45) is 7.61. The molecule has 2 heterocycles. The molecule has 4 heteroatoms. The fraction of sp³-hybridized carbons (Fsp3) is 0.571. The summed E-state index contributed by atoms with van der Waals surface area (Å²) in [7, 11) is 0. The number of nitrogens with one attached hydrogen (secondary N) is 1. The van der Waals surface area contributed by atoms with Crippen molar-refractivity contribution in [1.29, 1.82) is 0 Å². The van der Waals surface area contributed by atoms with Crippen LogP contribution in [-0.2, 0) is 6.54 Å². The van der Waals surface area contributed by atoms with E-state index in [9.17, 15) is 0 Å². The van der Waals surface area contributed by atoms with Crippen molar-refractivity contribution in [2.45, 2.75) is 52.6 Å². The summed E-state index contributed by atoms with van der Waals surface area (Å²) >= 11 is 0. The zero-order valence-electron chi connectivity index (χ0n) is 11.5. The third-order valence-corrected chi connectivity index (χ3v) is 3.21. The third kappa shape index (κ3) is 3.07. The van der Waals surface area contributed by atoms with Gasteiger partial charge in [0.2, 0.25) is 0 Å². The van der Waals surface area contributed by atoms with Crippen LogP contribution in [0.15, 0.2) is 18.5 Å². The van der Waals surface area contributed by atoms with E-state index < -0.39 is 0 Å². The topological polar surface area (TPSA) is 42.2 Å². The molecule has 2 aromatic heterocycles. The second-order valence-corrected chi connectivity index (χ2v) is 4.83. The zero-order valence-corrected chi connectivity index (χ0v) is 11.5. The average molecular weight is 246 g/mol. The van der Waals surface area contributed by atoms with E-state index in [1.54, 1.807) is 0 Å². The molecule has 0 aromatic carbocycles. The lowest BCUT2D eigenvalue weighted by Gasteiger charge is -2.15. The predicted octanol–water partition coefficient (Wildman–Crippen LogP) is 2.71. The van der Waals surface area contributed by atoms with Gasteiger partial charge in [-0.05, 0) is 19.8 Å². The molecule has 0 saturated heterocycles. The normalized spacial score (nSPS) is 13.1. The molecule has 1 N–H and O–H groups in total. The zero-order chi connectivity index (χ0) is 13.0. The molecule has 0 aliphatic heterocycles. The third-order valence-electron chi connectivity index (χ3n) is 3.21. The maximum atomic E-state index is 4.41. The van der Waals surface area contributed by atoms with Gasteiger partial charge in [0, 0.05) is 36.6 Å². The lowest BCUT2D eigenvalue weighted by atomic mass is 10.1. The highest BCUT2D eigenvalue weighted by molar-refractivity contribution is 5.38. The number of hydrogen-bond acceptors (Lipinski definition) is 3. The Labute approximate surface area is 108 Å². The van der Waals surface area contributed by atoms with Gasteiger partial charge < -0.3 is 5.32 Å². The predicted molar refractivity (Wildman–Crippen MR) is 73.6 cm³/mol. The maximum Gasteiger partial charge on any atom is 0.155 e. The second-order valence-electron chi connectivity index (χ2n) is 4.83. The van der Waals surface area contributed by atoms with Gasteiger partial charge in [0.15, 0.2) is 5.65 Å². The second kappa shape index (κ2) is 5.96. The van der Waals surface area contributed by atoms with Crippen molar-refractivity contribution in [3.63, 3.8) is 0 Å². The average Bonchev–Trinajstić information content (AvgIpc) is 2.73. The van der Waals surface area contributed by atoms with Crippen LogP contribution in [0.2, 0.25) is 0 Å². The van der Waals surface area contributed by atoms with Crippen molar-refractivity contribution >= 4 is 5.65 Å². The van der Waals surface area contributed by atoms with E-state index in [1.165, 1.54) is 24.8 Å². The molecule has 4 nitrogen and oxygen atoms in total. The lowest BCUT2D eigenvalue weighted by molar-refractivity contribution is 0.461. The van der Waals surface area contributed by atoms with Gasteiger partial charge in [0.05, 0.1) is 5.69 Å². The van der Waals surface area contributed by atoms with E-state index in [0.717, 1.165) is 17.9 Å². The maximum absolute atomic E-state index is 4.41. The smallest absolute Gasteiger partial charge is 0.155 e. The molecular formula is C14H22N4. The summed E-state index contributed by atoms with van der Waals surface area (Å²) < 4.78 is 1.85. The van der Waals surface area contributed by atoms with Crippen molar-refractivity contribution in [2.24, 2.45) is 0 Å². The molecule has 1 unspecified atom stereocenters. The Morgan fingerprint density at radius 3 is 2.94 bits per heavy atom. The molecule has 0 aliphatic rings. The summed E-state index contributed by atoms with van der Waals surface area (Å²) in [5.41, 5.74) is 3.10. The molecular weight excluding hydrogens is 224 g/mol. The first-order chi connectivity index (χ1) is 8.72.